The zero-order valence-corrected chi connectivity index (χ0v) is 10.5. The highest BCUT2D eigenvalue weighted by Gasteiger charge is 2.22. The average molecular weight is 237 g/mol. The highest BCUT2D eigenvalue weighted by molar-refractivity contribution is 7.99. The predicted molar refractivity (Wildman–Crippen MR) is 69.1 cm³/mol. The molecule has 0 bridgehead atoms. The van der Waals surface area contributed by atoms with Gasteiger partial charge in [0.1, 0.15) is 0 Å². The number of aliphatic hydroxyl groups excluding tert-OH is 1. The molecule has 2 rings (SSSR count). The fraction of sp³-hybridized carbons (Fsp3) is 0.538. The molecule has 1 aromatic carbocycles. The minimum absolute atomic E-state index is 0.268. The van der Waals surface area contributed by atoms with Crippen LogP contribution in [-0.2, 0) is 0 Å². The molecule has 2 nitrogen and oxygen atoms in total. The van der Waals surface area contributed by atoms with Gasteiger partial charge in [-0.15, -0.1) is 11.8 Å². The van der Waals surface area contributed by atoms with Crippen LogP contribution in [0.5, 0.6) is 0 Å². The molecule has 2 unspecified atom stereocenters. The summed E-state index contributed by atoms with van der Waals surface area (Å²) in [6.45, 7) is 3.42. The van der Waals surface area contributed by atoms with Crippen LogP contribution in [0.1, 0.15) is 24.8 Å². The molecule has 0 aromatic heterocycles. The lowest BCUT2D eigenvalue weighted by atomic mass is 10.0. The Labute approximate surface area is 101 Å². The Morgan fingerprint density at radius 1 is 1.50 bits per heavy atom. The van der Waals surface area contributed by atoms with E-state index in [0.29, 0.717) is 12.0 Å². The molecular weight excluding hydrogens is 218 g/mol. The number of fused-ring (bicyclic) bond motifs is 1. The van der Waals surface area contributed by atoms with Crippen molar-refractivity contribution in [3.8, 4) is 0 Å². The lowest BCUT2D eigenvalue weighted by Gasteiger charge is -2.16. The number of hydrogen-bond acceptors (Lipinski definition) is 3. The molecule has 0 saturated heterocycles. The minimum atomic E-state index is 0.268. The monoisotopic (exact) mass is 237 g/mol. The Morgan fingerprint density at radius 3 is 3.12 bits per heavy atom. The van der Waals surface area contributed by atoms with Crippen LogP contribution >= 0.6 is 11.8 Å². The van der Waals surface area contributed by atoms with E-state index < -0.39 is 0 Å². The number of thioether (sulfide) groups is 1. The van der Waals surface area contributed by atoms with E-state index in [4.69, 9.17) is 5.11 Å². The molecule has 0 radical (unpaired) electrons. The topological polar surface area (TPSA) is 32.3 Å². The molecule has 1 heterocycles. The summed E-state index contributed by atoms with van der Waals surface area (Å²) >= 11 is 1.95. The van der Waals surface area contributed by atoms with Gasteiger partial charge in [0.05, 0.1) is 0 Å². The second-order valence-electron chi connectivity index (χ2n) is 4.37. The van der Waals surface area contributed by atoms with Crippen molar-refractivity contribution in [3.05, 3.63) is 29.8 Å². The molecule has 3 heteroatoms. The lowest BCUT2D eigenvalue weighted by Crippen LogP contribution is -2.31. The molecule has 0 fully saturated rings. The maximum absolute atomic E-state index is 8.84. The molecule has 16 heavy (non-hydrogen) atoms. The number of aliphatic hydroxyl groups is 1. The van der Waals surface area contributed by atoms with Crippen LogP contribution in [0.15, 0.2) is 29.2 Å². The molecule has 0 aliphatic carbocycles. The normalized spacial score (nSPS) is 20.8. The smallest absolute Gasteiger partial charge is 0.0445 e. The average Bonchev–Trinajstić information content (AvgIpc) is 2.70. The van der Waals surface area contributed by atoms with Gasteiger partial charge in [-0.1, -0.05) is 18.2 Å². The molecular formula is C13H19NOS. The van der Waals surface area contributed by atoms with Crippen LogP contribution in [0.4, 0.5) is 0 Å². The summed E-state index contributed by atoms with van der Waals surface area (Å²) in [7, 11) is 0. The Balaban J connectivity index is 1.88. The van der Waals surface area contributed by atoms with Crippen molar-refractivity contribution in [2.75, 3.05) is 18.9 Å². The predicted octanol–water partition coefficient (Wildman–Crippen LogP) is 2.24. The largest absolute Gasteiger partial charge is 0.396 e. The van der Waals surface area contributed by atoms with Crippen LogP contribution in [0.3, 0.4) is 0 Å². The third-order valence-corrected chi connectivity index (χ3v) is 4.33. The van der Waals surface area contributed by atoms with E-state index >= 15 is 0 Å². The summed E-state index contributed by atoms with van der Waals surface area (Å²) in [5, 5.41) is 12.3. The number of benzene rings is 1. The van der Waals surface area contributed by atoms with E-state index in [1.54, 1.807) is 0 Å². The number of hydrogen-bond donors (Lipinski definition) is 2. The highest BCUT2D eigenvalue weighted by Crippen LogP contribution is 2.38. The van der Waals surface area contributed by atoms with Crippen molar-refractivity contribution in [2.24, 2.45) is 0 Å². The Bertz CT molecular complexity index is 342. The first-order chi connectivity index (χ1) is 7.81. The Hall–Kier alpha value is -0.510. The van der Waals surface area contributed by atoms with Crippen molar-refractivity contribution in [1.82, 2.24) is 5.32 Å². The summed E-state index contributed by atoms with van der Waals surface area (Å²) in [4.78, 5) is 1.43. The van der Waals surface area contributed by atoms with E-state index in [2.05, 4.69) is 36.5 Å². The van der Waals surface area contributed by atoms with Gasteiger partial charge in [-0.2, -0.15) is 0 Å². The van der Waals surface area contributed by atoms with Gasteiger partial charge in [-0.3, -0.25) is 0 Å². The number of nitrogens with one attached hydrogen (secondary N) is 1. The number of rotatable bonds is 5. The van der Waals surface area contributed by atoms with Gasteiger partial charge in [-0.05, 0) is 25.0 Å². The SMILES string of the molecule is CC(CCO)NCC1CSc2ccccc21. The maximum Gasteiger partial charge on any atom is 0.0445 e. The molecule has 1 aliphatic rings. The first kappa shape index (κ1) is 12.0. The fourth-order valence-electron chi connectivity index (χ4n) is 2.04. The molecule has 0 saturated carbocycles. The Morgan fingerprint density at radius 2 is 2.31 bits per heavy atom. The van der Waals surface area contributed by atoms with Gasteiger partial charge < -0.3 is 10.4 Å². The molecule has 1 aliphatic heterocycles. The zero-order valence-electron chi connectivity index (χ0n) is 9.65. The van der Waals surface area contributed by atoms with Gasteiger partial charge >= 0.3 is 0 Å². The van der Waals surface area contributed by atoms with Gasteiger partial charge in [0.25, 0.3) is 0 Å². The van der Waals surface area contributed by atoms with Crippen molar-refractivity contribution >= 4 is 11.8 Å². The van der Waals surface area contributed by atoms with Gasteiger partial charge in [0.15, 0.2) is 0 Å². The van der Waals surface area contributed by atoms with Crippen LogP contribution in [0.2, 0.25) is 0 Å². The quantitative estimate of drug-likeness (QED) is 0.824. The van der Waals surface area contributed by atoms with E-state index in [0.717, 1.165) is 13.0 Å². The second-order valence-corrected chi connectivity index (χ2v) is 5.43. The van der Waals surface area contributed by atoms with Crippen molar-refractivity contribution in [3.63, 3.8) is 0 Å². The highest BCUT2D eigenvalue weighted by atomic mass is 32.2. The van der Waals surface area contributed by atoms with E-state index in [-0.39, 0.29) is 6.61 Å². The third kappa shape index (κ3) is 2.78. The van der Waals surface area contributed by atoms with E-state index in [1.807, 2.05) is 11.8 Å². The summed E-state index contributed by atoms with van der Waals surface area (Å²) in [5.74, 6) is 1.81. The molecule has 88 valence electrons. The minimum Gasteiger partial charge on any atom is -0.396 e. The van der Waals surface area contributed by atoms with E-state index in [1.165, 1.54) is 16.2 Å². The molecule has 1 aromatic rings. The first-order valence-electron chi connectivity index (χ1n) is 5.87. The fourth-order valence-corrected chi connectivity index (χ4v) is 3.29. The van der Waals surface area contributed by atoms with Gasteiger partial charge in [0.2, 0.25) is 0 Å². The summed E-state index contributed by atoms with van der Waals surface area (Å²) in [5.41, 5.74) is 1.48. The van der Waals surface area contributed by atoms with Gasteiger partial charge in [-0.25, -0.2) is 0 Å². The molecule has 0 amide bonds. The van der Waals surface area contributed by atoms with Crippen molar-refractivity contribution in [1.29, 1.82) is 0 Å². The first-order valence-corrected chi connectivity index (χ1v) is 6.85. The summed E-state index contributed by atoms with van der Waals surface area (Å²) in [6.07, 6.45) is 0.835. The van der Waals surface area contributed by atoms with Crippen LogP contribution in [0.25, 0.3) is 0 Å². The molecule has 0 spiro atoms. The van der Waals surface area contributed by atoms with Crippen molar-refractivity contribution in [2.45, 2.75) is 30.2 Å². The van der Waals surface area contributed by atoms with Gasteiger partial charge in [0, 0.05) is 35.8 Å². The standard InChI is InChI=1S/C13H19NOS/c1-10(6-7-15)14-8-11-9-16-13-5-3-2-4-12(11)13/h2-5,10-11,14-15H,6-9H2,1H3. The van der Waals surface area contributed by atoms with E-state index in [9.17, 15) is 0 Å². The van der Waals surface area contributed by atoms with Crippen LogP contribution in [0, 0.1) is 0 Å². The second kappa shape index (κ2) is 5.71. The summed E-state index contributed by atoms with van der Waals surface area (Å²) < 4.78 is 0. The Kier molecular flexibility index (Phi) is 4.27. The maximum atomic E-state index is 8.84. The van der Waals surface area contributed by atoms with Crippen LogP contribution in [-0.4, -0.2) is 30.1 Å². The summed E-state index contributed by atoms with van der Waals surface area (Å²) in [6, 6.07) is 9.07. The third-order valence-electron chi connectivity index (χ3n) is 3.07. The van der Waals surface area contributed by atoms with Crippen LogP contribution < -0.4 is 5.32 Å². The lowest BCUT2D eigenvalue weighted by molar-refractivity contribution is 0.268. The molecule has 2 atom stereocenters. The zero-order chi connectivity index (χ0) is 11.4. The molecule has 2 N–H and O–H groups in total. The van der Waals surface area contributed by atoms with Crippen molar-refractivity contribution < 1.29 is 5.11 Å².